The highest BCUT2D eigenvalue weighted by Crippen LogP contribution is 2.29. The van der Waals surface area contributed by atoms with Crippen LogP contribution in [0.4, 0.5) is 0 Å². The molecule has 0 aliphatic rings. The summed E-state index contributed by atoms with van der Waals surface area (Å²) >= 11 is 0. The number of hydrogen-bond acceptors (Lipinski definition) is 2. The standard InChI is InChI=1S/C16H18O2/c1-12(11-17)7-9-15-14-6-4-3-5-13(14)8-10-16(15)18-2/h3-6,8,10-12H,7,9H2,1-2H3. The average Bonchev–Trinajstić information content (AvgIpc) is 2.44. The lowest BCUT2D eigenvalue weighted by Gasteiger charge is -2.12. The van der Waals surface area contributed by atoms with Crippen molar-refractivity contribution in [2.75, 3.05) is 7.11 Å². The van der Waals surface area contributed by atoms with Gasteiger partial charge in [0, 0.05) is 11.5 Å². The Morgan fingerprint density at radius 1 is 1.22 bits per heavy atom. The van der Waals surface area contributed by atoms with Crippen LogP contribution >= 0.6 is 0 Å². The zero-order valence-corrected chi connectivity index (χ0v) is 10.8. The fraction of sp³-hybridized carbons (Fsp3) is 0.312. The van der Waals surface area contributed by atoms with Gasteiger partial charge < -0.3 is 9.53 Å². The van der Waals surface area contributed by atoms with E-state index < -0.39 is 0 Å². The van der Waals surface area contributed by atoms with Gasteiger partial charge in [0.15, 0.2) is 0 Å². The first-order valence-corrected chi connectivity index (χ1v) is 6.26. The van der Waals surface area contributed by atoms with Gasteiger partial charge in [-0.3, -0.25) is 0 Å². The van der Waals surface area contributed by atoms with Gasteiger partial charge >= 0.3 is 0 Å². The maximum Gasteiger partial charge on any atom is 0.122 e. The Hall–Kier alpha value is -1.83. The van der Waals surface area contributed by atoms with E-state index in [1.165, 1.54) is 16.3 Å². The highest BCUT2D eigenvalue weighted by atomic mass is 16.5. The Morgan fingerprint density at radius 3 is 2.72 bits per heavy atom. The Labute approximate surface area is 108 Å². The van der Waals surface area contributed by atoms with E-state index in [-0.39, 0.29) is 5.92 Å². The van der Waals surface area contributed by atoms with E-state index in [1.54, 1.807) is 7.11 Å². The van der Waals surface area contributed by atoms with Crippen LogP contribution in [0.2, 0.25) is 0 Å². The summed E-state index contributed by atoms with van der Waals surface area (Å²) in [5, 5.41) is 2.43. The summed E-state index contributed by atoms with van der Waals surface area (Å²) in [5.41, 5.74) is 1.20. The molecule has 0 N–H and O–H groups in total. The summed E-state index contributed by atoms with van der Waals surface area (Å²) in [5.74, 6) is 1.00. The van der Waals surface area contributed by atoms with Crippen molar-refractivity contribution in [1.82, 2.24) is 0 Å². The van der Waals surface area contributed by atoms with E-state index >= 15 is 0 Å². The number of benzene rings is 2. The molecule has 0 aliphatic carbocycles. The third kappa shape index (κ3) is 2.53. The van der Waals surface area contributed by atoms with E-state index in [0.29, 0.717) is 0 Å². The molecule has 18 heavy (non-hydrogen) atoms. The van der Waals surface area contributed by atoms with Gasteiger partial charge in [-0.1, -0.05) is 37.3 Å². The van der Waals surface area contributed by atoms with E-state index in [2.05, 4.69) is 18.2 Å². The van der Waals surface area contributed by atoms with Crippen molar-refractivity contribution < 1.29 is 9.53 Å². The van der Waals surface area contributed by atoms with E-state index in [9.17, 15) is 4.79 Å². The van der Waals surface area contributed by atoms with Crippen LogP contribution in [0.1, 0.15) is 18.9 Å². The molecule has 0 heterocycles. The van der Waals surface area contributed by atoms with Crippen molar-refractivity contribution in [3.05, 3.63) is 42.0 Å². The molecule has 2 aromatic carbocycles. The topological polar surface area (TPSA) is 26.3 Å². The van der Waals surface area contributed by atoms with Crippen molar-refractivity contribution >= 4 is 17.1 Å². The molecule has 0 saturated heterocycles. The van der Waals surface area contributed by atoms with Crippen LogP contribution in [0.5, 0.6) is 5.75 Å². The monoisotopic (exact) mass is 242 g/mol. The zero-order valence-electron chi connectivity index (χ0n) is 10.8. The van der Waals surface area contributed by atoms with Crippen molar-refractivity contribution in [2.45, 2.75) is 19.8 Å². The number of aldehydes is 1. The molecule has 0 radical (unpaired) electrons. The highest BCUT2D eigenvalue weighted by Gasteiger charge is 2.09. The molecular weight excluding hydrogens is 224 g/mol. The van der Waals surface area contributed by atoms with Crippen molar-refractivity contribution in [3.8, 4) is 5.75 Å². The Bertz CT molecular complexity index is 546. The lowest BCUT2D eigenvalue weighted by atomic mass is 9.96. The molecule has 2 aromatic rings. The molecule has 2 heteroatoms. The van der Waals surface area contributed by atoms with E-state index in [4.69, 9.17) is 4.74 Å². The van der Waals surface area contributed by atoms with E-state index in [1.807, 2.05) is 25.1 Å². The van der Waals surface area contributed by atoms with Crippen LogP contribution in [0.3, 0.4) is 0 Å². The first kappa shape index (κ1) is 12.6. The number of aryl methyl sites for hydroxylation is 1. The summed E-state index contributed by atoms with van der Waals surface area (Å²) < 4.78 is 5.43. The molecule has 0 bridgehead atoms. The molecular formula is C16H18O2. The van der Waals surface area contributed by atoms with Gasteiger partial charge in [-0.25, -0.2) is 0 Å². The fourth-order valence-electron chi connectivity index (χ4n) is 2.21. The van der Waals surface area contributed by atoms with Gasteiger partial charge in [-0.2, -0.15) is 0 Å². The maximum atomic E-state index is 10.7. The van der Waals surface area contributed by atoms with Crippen LogP contribution in [-0.4, -0.2) is 13.4 Å². The SMILES string of the molecule is COc1ccc2ccccc2c1CCC(C)C=O. The average molecular weight is 242 g/mol. The van der Waals surface area contributed by atoms with Crippen LogP contribution in [0, 0.1) is 5.92 Å². The second kappa shape index (κ2) is 5.67. The first-order chi connectivity index (χ1) is 8.76. The molecule has 0 aromatic heterocycles. The van der Waals surface area contributed by atoms with Gasteiger partial charge in [0.05, 0.1) is 7.11 Å². The molecule has 1 unspecified atom stereocenters. The summed E-state index contributed by atoms with van der Waals surface area (Å²) in [6.07, 6.45) is 2.73. The van der Waals surface area contributed by atoms with Crippen LogP contribution in [0.15, 0.2) is 36.4 Å². The number of hydrogen-bond donors (Lipinski definition) is 0. The van der Waals surface area contributed by atoms with Gasteiger partial charge in [0.1, 0.15) is 12.0 Å². The Kier molecular flexibility index (Phi) is 3.98. The molecule has 0 saturated carbocycles. The Morgan fingerprint density at radius 2 is 2.00 bits per heavy atom. The minimum Gasteiger partial charge on any atom is -0.496 e. The minimum absolute atomic E-state index is 0.0914. The van der Waals surface area contributed by atoms with Crippen molar-refractivity contribution in [1.29, 1.82) is 0 Å². The summed E-state index contributed by atoms with van der Waals surface area (Å²) in [4.78, 5) is 10.7. The number of carbonyl (C=O) groups excluding carboxylic acids is 1. The molecule has 94 valence electrons. The minimum atomic E-state index is 0.0914. The van der Waals surface area contributed by atoms with Crippen LogP contribution in [0.25, 0.3) is 10.8 Å². The van der Waals surface area contributed by atoms with Crippen molar-refractivity contribution in [2.24, 2.45) is 5.92 Å². The predicted molar refractivity (Wildman–Crippen MR) is 74.0 cm³/mol. The van der Waals surface area contributed by atoms with Gasteiger partial charge in [-0.05, 0) is 29.7 Å². The quantitative estimate of drug-likeness (QED) is 0.749. The lowest BCUT2D eigenvalue weighted by Crippen LogP contribution is -2.00. The number of carbonyl (C=O) groups is 1. The van der Waals surface area contributed by atoms with Crippen LogP contribution < -0.4 is 4.74 Å². The maximum absolute atomic E-state index is 10.7. The smallest absolute Gasteiger partial charge is 0.122 e. The number of ether oxygens (including phenoxy) is 1. The van der Waals surface area contributed by atoms with E-state index in [0.717, 1.165) is 24.9 Å². The van der Waals surface area contributed by atoms with Gasteiger partial charge in [0.25, 0.3) is 0 Å². The first-order valence-electron chi connectivity index (χ1n) is 6.26. The normalized spacial score (nSPS) is 12.3. The van der Waals surface area contributed by atoms with Crippen molar-refractivity contribution in [3.63, 3.8) is 0 Å². The Balaban J connectivity index is 2.41. The zero-order chi connectivity index (χ0) is 13.0. The second-order valence-corrected chi connectivity index (χ2v) is 4.62. The fourth-order valence-corrected chi connectivity index (χ4v) is 2.21. The molecule has 2 rings (SSSR count). The molecule has 0 aliphatic heterocycles. The van der Waals surface area contributed by atoms with Crippen LogP contribution in [-0.2, 0) is 11.2 Å². The third-order valence-electron chi connectivity index (χ3n) is 3.30. The number of methoxy groups -OCH3 is 1. The number of rotatable bonds is 5. The summed E-state index contributed by atoms with van der Waals surface area (Å²) in [7, 11) is 1.69. The predicted octanol–water partition coefficient (Wildman–Crippen LogP) is 3.62. The highest BCUT2D eigenvalue weighted by molar-refractivity contribution is 5.87. The summed E-state index contributed by atoms with van der Waals surface area (Å²) in [6, 6.07) is 12.4. The molecule has 0 fully saturated rings. The number of fused-ring (bicyclic) bond motifs is 1. The molecule has 0 spiro atoms. The second-order valence-electron chi connectivity index (χ2n) is 4.62. The molecule has 2 nitrogen and oxygen atoms in total. The summed E-state index contributed by atoms with van der Waals surface area (Å²) in [6.45, 7) is 1.95. The third-order valence-corrected chi connectivity index (χ3v) is 3.30. The molecule has 0 amide bonds. The largest absolute Gasteiger partial charge is 0.496 e. The van der Waals surface area contributed by atoms with Gasteiger partial charge in [0.2, 0.25) is 0 Å². The molecule has 1 atom stereocenters. The van der Waals surface area contributed by atoms with Gasteiger partial charge in [-0.15, -0.1) is 0 Å². The lowest BCUT2D eigenvalue weighted by molar-refractivity contribution is -0.110.